The molecule has 0 radical (unpaired) electrons. The van der Waals surface area contributed by atoms with Gasteiger partial charge in [0.2, 0.25) is 0 Å². The lowest BCUT2D eigenvalue weighted by molar-refractivity contribution is 0.154. The molecule has 3 nitrogen and oxygen atoms in total. The van der Waals surface area contributed by atoms with Crippen LogP contribution in [0.4, 0.5) is 10.1 Å². The zero-order valence-corrected chi connectivity index (χ0v) is 12.6. The molecule has 116 valence electrons. The topological polar surface area (TPSA) is 38.5 Å². The number of halogens is 1. The third-order valence-corrected chi connectivity index (χ3v) is 4.57. The maximum Gasteiger partial charge on any atom is 0.150 e. The molecule has 0 aromatic heterocycles. The van der Waals surface area contributed by atoms with Gasteiger partial charge < -0.3 is 15.4 Å². The minimum absolute atomic E-state index is 0.149. The van der Waals surface area contributed by atoms with Gasteiger partial charge in [-0.1, -0.05) is 6.42 Å². The first-order chi connectivity index (χ1) is 10.2. The smallest absolute Gasteiger partial charge is 0.150 e. The van der Waals surface area contributed by atoms with Gasteiger partial charge in [-0.15, -0.1) is 0 Å². The summed E-state index contributed by atoms with van der Waals surface area (Å²) in [6.07, 6.45) is 8.22. The zero-order chi connectivity index (χ0) is 14.7. The Bertz CT molecular complexity index is 474. The van der Waals surface area contributed by atoms with E-state index in [1.54, 1.807) is 0 Å². The Balaban J connectivity index is 1.67. The van der Waals surface area contributed by atoms with E-state index in [1.807, 2.05) is 17.0 Å². The Hall–Kier alpha value is -1.29. The Morgan fingerprint density at radius 3 is 2.62 bits per heavy atom. The average molecular weight is 292 g/mol. The minimum Gasteiger partial charge on any atom is -0.490 e. The van der Waals surface area contributed by atoms with Crippen molar-refractivity contribution in [3.63, 3.8) is 0 Å². The Morgan fingerprint density at radius 1 is 1.10 bits per heavy atom. The summed E-state index contributed by atoms with van der Waals surface area (Å²) in [6, 6.07) is 5.42. The molecule has 1 atom stereocenters. The normalized spacial score (nSPS) is 24.1. The summed E-state index contributed by atoms with van der Waals surface area (Å²) >= 11 is 0. The molecule has 21 heavy (non-hydrogen) atoms. The highest BCUT2D eigenvalue weighted by molar-refractivity contribution is 5.51. The predicted octanol–water partition coefficient (Wildman–Crippen LogP) is 3.46. The highest BCUT2D eigenvalue weighted by Gasteiger charge is 2.20. The van der Waals surface area contributed by atoms with Crippen LogP contribution in [0, 0.1) is 5.82 Å². The number of benzene rings is 1. The van der Waals surface area contributed by atoms with E-state index in [9.17, 15) is 4.39 Å². The molecule has 2 N–H and O–H groups in total. The van der Waals surface area contributed by atoms with Crippen LogP contribution >= 0.6 is 0 Å². The largest absolute Gasteiger partial charge is 0.490 e. The van der Waals surface area contributed by atoms with Crippen LogP contribution < -0.4 is 15.4 Å². The van der Waals surface area contributed by atoms with E-state index >= 15 is 0 Å². The van der Waals surface area contributed by atoms with Gasteiger partial charge in [-0.05, 0) is 50.7 Å². The third kappa shape index (κ3) is 3.67. The van der Waals surface area contributed by atoms with Crippen LogP contribution in [-0.2, 0) is 0 Å². The van der Waals surface area contributed by atoms with Crippen molar-refractivity contribution >= 4 is 5.69 Å². The molecule has 1 aromatic carbocycles. The van der Waals surface area contributed by atoms with Crippen molar-refractivity contribution in [2.45, 2.75) is 57.1 Å². The van der Waals surface area contributed by atoms with Crippen molar-refractivity contribution in [1.29, 1.82) is 0 Å². The second kappa shape index (κ2) is 6.65. The van der Waals surface area contributed by atoms with E-state index in [2.05, 4.69) is 0 Å². The van der Waals surface area contributed by atoms with Gasteiger partial charge >= 0.3 is 0 Å². The van der Waals surface area contributed by atoms with Crippen LogP contribution in [0.1, 0.15) is 44.9 Å². The van der Waals surface area contributed by atoms with Crippen LogP contribution in [0.25, 0.3) is 0 Å². The fourth-order valence-corrected chi connectivity index (χ4v) is 3.42. The predicted molar refractivity (Wildman–Crippen MR) is 83.3 cm³/mol. The van der Waals surface area contributed by atoms with Gasteiger partial charge in [0.1, 0.15) is 11.6 Å². The molecule has 1 saturated heterocycles. The van der Waals surface area contributed by atoms with Gasteiger partial charge in [0.15, 0.2) is 0 Å². The average Bonchev–Trinajstić information content (AvgIpc) is 2.48. The summed E-state index contributed by atoms with van der Waals surface area (Å²) in [5.74, 6) is 0.460. The van der Waals surface area contributed by atoms with Gasteiger partial charge in [0.25, 0.3) is 0 Å². The first-order valence-electron chi connectivity index (χ1n) is 8.19. The molecule has 0 bridgehead atoms. The molecule has 1 unspecified atom stereocenters. The minimum atomic E-state index is -0.197. The highest BCUT2D eigenvalue weighted by Crippen LogP contribution is 2.29. The van der Waals surface area contributed by atoms with E-state index in [1.165, 1.54) is 25.3 Å². The molecule has 3 rings (SSSR count). The van der Waals surface area contributed by atoms with E-state index < -0.39 is 0 Å². The summed E-state index contributed by atoms with van der Waals surface area (Å²) in [5.41, 5.74) is 6.63. The first kappa shape index (κ1) is 14.6. The molecule has 2 fully saturated rings. The number of piperidine rings is 1. The van der Waals surface area contributed by atoms with Crippen LogP contribution in [0.2, 0.25) is 0 Å². The summed E-state index contributed by atoms with van der Waals surface area (Å²) in [7, 11) is 0. The lowest BCUT2D eigenvalue weighted by Gasteiger charge is -2.33. The quantitative estimate of drug-likeness (QED) is 0.927. The molecule has 2 aliphatic rings. The second-order valence-corrected chi connectivity index (χ2v) is 6.34. The lowest BCUT2D eigenvalue weighted by Crippen LogP contribution is -2.43. The van der Waals surface area contributed by atoms with Gasteiger partial charge in [-0.3, -0.25) is 0 Å². The zero-order valence-electron chi connectivity index (χ0n) is 12.6. The highest BCUT2D eigenvalue weighted by atomic mass is 19.1. The van der Waals surface area contributed by atoms with E-state index in [4.69, 9.17) is 10.5 Å². The van der Waals surface area contributed by atoms with Crippen molar-refractivity contribution < 1.29 is 9.13 Å². The molecule has 1 aliphatic carbocycles. The molecule has 1 aromatic rings. The van der Waals surface area contributed by atoms with E-state index in [-0.39, 0.29) is 18.0 Å². The van der Waals surface area contributed by atoms with Crippen molar-refractivity contribution in [2.24, 2.45) is 5.73 Å². The van der Waals surface area contributed by atoms with E-state index in [0.717, 1.165) is 38.8 Å². The molecule has 1 saturated carbocycles. The Labute approximate surface area is 126 Å². The van der Waals surface area contributed by atoms with Crippen molar-refractivity contribution in [3.8, 4) is 5.75 Å². The summed E-state index contributed by atoms with van der Waals surface area (Å²) < 4.78 is 20.3. The fourth-order valence-electron chi connectivity index (χ4n) is 3.42. The molecule has 0 amide bonds. The van der Waals surface area contributed by atoms with Crippen molar-refractivity contribution in [3.05, 3.63) is 24.0 Å². The molecule has 4 heteroatoms. The number of hydrogen-bond donors (Lipinski definition) is 1. The van der Waals surface area contributed by atoms with Gasteiger partial charge in [-0.2, -0.15) is 0 Å². The van der Waals surface area contributed by atoms with Crippen molar-refractivity contribution in [1.82, 2.24) is 0 Å². The van der Waals surface area contributed by atoms with Crippen LogP contribution in [0.5, 0.6) is 5.75 Å². The number of nitrogens with two attached hydrogens (primary N) is 1. The molecular formula is C17H25FN2O. The van der Waals surface area contributed by atoms with Gasteiger partial charge in [0.05, 0.1) is 11.8 Å². The first-order valence-corrected chi connectivity index (χ1v) is 8.19. The standard InChI is InChI=1S/C17H25FN2O/c18-16-11-15(21-14-6-2-1-3-7-14)8-9-17(16)20-10-4-5-13(19)12-20/h8-9,11,13-14H,1-7,10,12,19H2. The maximum absolute atomic E-state index is 14.4. The Morgan fingerprint density at radius 2 is 1.90 bits per heavy atom. The monoisotopic (exact) mass is 292 g/mol. The maximum atomic E-state index is 14.4. The summed E-state index contributed by atoms with van der Waals surface area (Å²) in [4.78, 5) is 2.05. The number of nitrogens with zero attached hydrogens (tertiary/aromatic N) is 1. The van der Waals surface area contributed by atoms with Crippen LogP contribution in [-0.4, -0.2) is 25.2 Å². The number of rotatable bonds is 3. The van der Waals surface area contributed by atoms with Gasteiger partial charge in [-0.25, -0.2) is 4.39 Å². The van der Waals surface area contributed by atoms with E-state index in [0.29, 0.717) is 11.4 Å². The van der Waals surface area contributed by atoms with Crippen LogP contribution in [0.15, 0.2) is 18.2 Å². The van der Waals surface area contributed by atoms with Crippen LogP contribution in [0.3, 0.4) is 0 Å². The number of ether oxygens (including phenoxy) is 1. The molecule has 0 spiro atoms. The molecule has 1 aliphatic heterocycles. The third-order valence-electron chi connectivity index (χ3n) is 4.57. The SMILES string of the molecule is NC1CCCN(c2ccc(OC3CCCCC3)cc2F)C1. The number of hydrogen-bond acceptors (Lipinski definition) is 3. The summed E-state index contributed by atoms with van der Waals surface area (Å²) in [6.45, 7) is 1.62. The lowest BCUT2D eigenvalue weighted by atomic mass is 9.98. The second-order valence-electron chi connectivity index (χ2n) is 6.34. The molecular weight excluding hydrogens is 267 g/mol. The van der Waals surface area contributed by atoms with Crippen molar-refractivity contribution in [2.75, 3.05) is 18.0 Å². The fraction of sp³-hybridized carbons (Fsp3) is 0.647. The number of anilines is 1. The van der Waals surface area contributed by atoms with Gasteiger partial charge in [0, 0.05) is 25.2 Å². The Kier molecular flexibility index (Phi) is 4.63. The molecule has 1 heterocycles. The summed E-state index contributed by atoms with van der Waals surface area (Å²) in [5, 5.41) is 0.